The van der Waals surface area contributed by atoms with Gasteiger partial charge in [-0.1, -0.05) is 12.1 Å². The Labute approximate surface area is 114 Å². The molecule has 0 unspecified atom stereocenters. The third kappa shape index (κ3) is 6.57. The number of carbonyl (C=O) groups is 2. The quantitative estimate of drug-likeness (QED) is 0.800. The summed E-state index contributed by atoms with van der Waals surface area (Å²) in [6, 6.07) is 7.28. The molecule has 0 atom stereocenters. The molecular formula is C14H21N3O2. The van der Waals surface area contributed by atoms with Crippen molar-refractivity contribution in [1.29, 1.82) is 0 Å². The molecule has 1 aromatic carbocycles. The van der Waals surface area contributed by atoms with Crippen LogP contribution in [0.2, 0.25) is 0 Å². The summed E-state index contributed by atoms with van der Waals surface area (Å²) in [6.45, 7) is 2.94. The third-order valence-corrected chi connectivity index (χ3v) is 2.52. The fraction of sp³-hybridized carbons (Fsp3) is 0.429. The van der Waals surface area contributed by atoms with E-state index in [1.165, 1.54) is 6.92 Å². The van der Waals surface area contributed by atoms with Gasteiger partial charge in [-0.2, -0.15) is 0 Å². The number of rotatable bonds is 6. The molecule has 5 heteroatoms. The lowest BCUT2D eigenvalue weighted by Crippen LogP contribution is -2.32. The van der Waals surface area contributed by atoms with Crippen LogP contribution >= 0.6 is 0 Å². The Morgan fingerprint density at radius 3 is 2.32 bits per heavy atom. The van der Waals surface area contributed by atoms with Gasteiger partial charge in [0.15, 0.2) is 0 Å². The fourth-order valence-corrected chi connectivity index (χ4v) is 1.58. The lowest BCUT2D eigenvalue weighted by Gasteiger charge is -2.10. The van der Waals surface area contributed by atoms with Crippen molar-refractivity contribution in [2.75, 3.05) is 32.5 Å². The molecule has 0 aliphatic heterocycles. The Hall–Kier alpha value is -1.88. The molecule has 19 heavy (non-hydrogen) atoms. The van der Waals surface area contributed by atoms with E-state index in [1.807, 2.05) is 31.1 Å². The molecule has 0 bridgehead atoms. The van der Waals surface area contributed by atoms with Crippen LogP contribution in [-0.2, 0) is 16.0 Å². The van der Waals surface area contributed by atoms with Crippen molar-refractivity contribution in [1.82, 2.24) is 10.2 Å². The van der Waals surface area contributed by atoms with Crippen molar-refractivity contribution >= 4 is 17.5 Å². The maximum Gasteiger partial charge on any atom is 0.224 e. The zero-order valence-corrected chi connectivity index (χ0v) is 11.7. The Balaban J connectivity index is 2.40. The summed E-state index contributed by atoms with van der Waals surface area (Å²) in [7, 11) is 3.93. The number of hydrogen-bond acceptors (Lipinski definition) is 3. The first-order chi connectivity index (χ1) is 8.97. The molecule has 104 valence electrons. The van der Waals surface area contributed by atoms with Crippen LogP contribution in [0.3, 0.4) is 0 Å². The highest BCUT2D eigenvalue weighted by molar-refractivity contribution is 5.88. The molecule has 0 heterocycles. The van der Waals surface area contributed by atoms with Crippen molar-refractivity contribution in [2.45, 2.75) is 13.3 Å². The van der Waals surface area contributed by atoms with Crippen molar-refractivity contribution < 1.29 is 9.59 Å². The predicted molar refractivity (Wildman–Crippen MR) is 76.0 cm³/mol. The van der Waals surface area contributed by atoms with Crippen molar-refractivity contribution in [3.8, 4) is 0 Å². The van der Waals surface area contributed by atoms with E-state index in [0.29, 0.717) is 13.0 Å². The third-order valence-electron chi connectivity index (χ3n) is 2.52. The van der Waals surface area contributed by atoms with E-state index < -0.39 is 0 Å². The number of hydrogen-bond donors (Lipinski definition) is 2. The van der Waals surface area contributed by atoms with Gasteiger partial charge in [-0.25, -0.2) is 0 Å². The van der Waals surface area contributed by atoms with Crippen molar-refractivity contribution in [3.63, 3.8) is 0 Å². The Bertz CT molecular complexity index is 427. The molecule has 0 aromatic heterocycles. The van der Waals surface area contributed by atoms with Crippen LogP contribution in [0.5, 0.6) is 0 Å². The van der Waals surface area contributed by atoms with Gasteiger partial charge in [0.2, 0.25) is 11.8 Å². The number of amides is 2. The largest absolute Gasteiger partial charge is 0.355 e. The Morgan fingerprint density at radius 1 is 1.16 bits per heavy atom. The zero-order valence-electron chi connectivity index (χ0n) is 11.7. The highest BCUT2D eigenvalue weighted by Crippen LogP contribution is 2.09. The molecule has 2 N–H and O–H groups in total. The van der Waals surface area contributed by atoms with Gasteiger partial charge in [-0.15, -0.1) is 0 Å². The van der Waals surface area contributed by atoms with E-state index in [1.54, 1.807) is 12.1 Å². The summed E-state index contributed by atoms with van der Waals surface area (Å²) in [5.41, 5.74) is 1.67. The van der Waals surface area contributed by atoms with Crippen LogP contribution in [0.1, 0.15) is 12.5 Å². The van der Waals surface area contributed by atoms with Gasteiger partial charge in [-0.05, 0) is 31.8 Å². The minimum atomic E-state index is -0.103. The van der Waals surface area contributed by atoms with Gasteiger partial charge >= 0.3 is 0 Å². The van der Waals surface area contributed by atoms with E-state index in [9.17, 15) is 9.59 Å². The Morgan fingerprint density at radius 2 is 1.79 bits per heavy atom. The summed E-state index contributed by atoms with van der Waals surface area (Å²) in [5, 5.41) is 5.55. The topological polar surface area (TPSA) is 61.4 Å². The van der Waals surface area contributed by atoms with Crippen LogP contribution in [0, 0.1) is 0 Å². The highest BCUT2D eigenvalue weighted by atomic mass is 16.2. The number of likely N-dealkylation sites (N-methyl/N-ethyl adjacent to an activating group) is 1. The zero-order chi connectivity index (χ0) is 14.3. The molecule has 0 aliphatic rings. The van der Waals surface area contributed by atoms with E-state index in [-0.39, 0.29) is 11.8 Å². The lowest BCUT2D eigenvalue weighted by molar-refractivity contribution is -0.120. The minimum Gasteiger partial charge on any atom is -0.355 e. The SMILES string of the molecule is CC(=O)Nc1ccc(CC(=O)NCCN(C)C)cc1. The van der Waals surface area contributed by atoms with Crippen LogP contribution < -0.4 is 10.6 Å². The maximum absolute atomic E-state index is 11.7. The maximum atomic E-state index is 11.7. The second-order valence-corrected chi connectivity index (χ2v) is 4.71. The number of benzene rings is 1. The average molecular weight is 263 g/mol. The average Bonchev–Trinajstić information content (AvgIpc) is 2.30. The normalized spacial score (nSPS) is 10.3. The first kappa shape index (κ1) is 15.2. The standard InChI is InChI=1S/C14H21N3O2/c1-11(18)16-13-6-4-12(5-7-13)10-14(19)15-8-9-17(2)3/h4-7H,8-10H2,1-3H3,(H,15,19)(H,16,18). The van der Waals surface area contributed by atoms with Gasteiger partial charge in [0.1, 0.15) is 0 Å². The molecule has 0 saturated carbocycles. The monoisotopic (exact) mass is 263 g/mol. The second kappa shape index (κ2) is 7.53. The Kier molecular flexibility index (Phi) is 6.02. The molecule has 0 fully saturated rings. The summed E-state index contributed by atoms with van der Waals surface area (Å²) >= 11 is 0. The van der Waals surface area contributed by atoms with Gasteiger partial charge in [0.05, 0.1) is 6.42 Å². The van der Waals surface area contributed by atoms with E-state index in [0.717, 1.165) is 17.8 Å². The van der Waals surface area contributed by atoms with E-state index in [2.05, 4.69) is 10.6 Å². The predicted octanol–water partition coefficient (Wildman–Crippen LogP) is 0.865. The number of anilines is 1. The summed E-state index contributed by atoms with van der Waals surface area (Å²) in [5.74, 6) is -0.0942. The number of nitrogens with zero attached hydrogens (tertiary/aromatic N) is 1. The summed E-state index contributed by atoms with van der Waals surface area (Å²) in [4.78, 5) is 24.5. The van der Waals surface area contributed by atoms with Gasteiger partial charge in [0, 0.05) is 25.7 Å². The molecule has 0 radical (unpaired) electrons. The smallest absolute Gasteiger partial charge is 0.224 e. The van der Waals surface area contributed by atoms with Crippen LogP contribution in [0.25, 0.3) is 0 Å². The van der Waals surface area contributed by atoms with Gasteiger partial charge in [-0.3, -0.25) is 9.59 Å². The van der Waals surface area contributed by atoms with Crippen LogP contribution in [0.4, 0.5) is 5.69 Å². The van der Waals surface area contributed by atoms with Gasteiger partial charge in [0.25, 0.3) is 0 Å². The molecule has 5 nitrogen and oxygen atoms in total. The molecule has 0 spiro atoms. The highest BCUT2D eigenvalue weighted by Gasteiger charge is 2.03. The van der Waals surface area contributed by atoms with Crippen LogP contribution in [-0.4, -0.2) is 43.9 Å². The number of nitrogens with one attached hydrogen (secondary N) is 2. The summed E-state index contributed by atoms with van der Waals surface area (Å²) < 4.78 is 0. The molecule has 0 saturated heterocycles. The fourth-order valence-electron chi connectivity index (χ4n) is 1.58. The van der Waals surface area contributed by atoms with Gasteiger partial charge < -0.3 is 15.5 Å². The molecule has 2 amide bonds. The lowest BCUT2D eigenvalue weighted by atomic mass is 10.1. The minimum absolute atomic E-state index is 0.00845. The first-order valence-electron chi connectivity index (χ1n) is 6.25. The number of carbonyl (C=O) groups excluding carboxylic acids is 2. The van der Waals surface area contributed by atoms with Crippen molar-refractivity contribution in [3.05, 3.63) is 29.8 Å². The van der Waals surface area contributed by atoms with E-state index >= 15 is 0 Å². The molecular weight excluding hydrogens is 242 g/mol. The van der Waals surface area contributed by atoms with Crippen LogP contribution in [0.15, 0.2) is 24.3 Å². The van der Waals surface area contributed by atoms with Crippen molar-refractivity contribution in [2.24, 2.45) is 0 Å². The first-order valence-corrected chi connectivity index (χ1v) is 6.25. The molecule has 1 aromatic rings. The molecule has 0 aliphatic carbocycles. The second-order valence-electron chi connectivity index (χ2n) is 4.71. The summed E-state index contributed by atoms with van der Waals surface area (Å²) in [6.07, 6.45) is 0.355. The van der Waals surface area contributed by atoms with E-state index in [4.69, 9.17) is 0 Å². The molecule has 1 rings (SSSR count).